The molecular weight excluding hydrogens is 433 g/mol. The summed E-state index contributed by atoms with van der Waals surface area (Å²) in [4.78, 5) is 29.8. The summed E-state index contributed by atoms with van der Waals surface area (Å²) < 4.78 is 39.4. The molecule has 33 heavy (non-hydrogen) atoms. The second-order valence-electron chi connectivity index (χ2n) is 8.62. The van der Waals surface area contributed by atoms with Crippen LogP contribution in [0, 0.1) is 12.8 Å². The summed E-state index contributed by atoms with van der Waals surface area (Å²) in [6, 6.07) is 11.9. The Kier molecular flexibility index (Phi) is 6.30. The van der Waals surface area contributed by atoms with Crippen LogP contribution in [0.2, 0.25) is 0 Å². The minimum atomic E-state index is -4.52. The van der Waals surface area contributed by atoms with Crippen molar-refractivity contribution in [3.05, 3.63) is 76.5 Å². The van der Waals surface area contributed by atoms with Gasteiger partial charge in [0, 0.05) is 19.7 Å². The predicted molar refractivity (Wildman–Crippen MR) is 116 cm³/mol. The van der Waals surface area contributed by atoms with Crippen molar-refractivity contribution in [2.24, 2.45) is 5.92 Å². The number of nitrogens with zero attached hydrogens (tertiary/aromatic N) is 2. The van der Waals surface area contributed by atoms with Crippen LogP contribution in [0.5, 0.6) is 0 Å². The number of hydrogen-bond acceptors (Lipinski definition) is 4. The lowest BCUT2D eigenvalue weighted by Gasteiger charge is -2.34. The number of imide groups is 1. The molecule has 1 fully saturated rings. The van der Waals surface area contributed by atoms with Crippen LogP contribution in [0.4, 0.5) is 13.2 Å². The van der Waals surface area contributed by atoms with Crippen LogP contribution in [0.15, 0.2) is 54.2 Å². The quantitative estimate of drug-likeness (QED) is 0.689. The molecule has 1 saturated heterocycles. The maximum Gasteiger partial charge on any atom is 0.416 e. The van der Waals surface area contributed by atoms with Gasteiger partial charge in [-0.05, 0) is 48.9 Å². The van der Waals surface area contributed by atoms with Crippen molar-refractivity contribution >= 4 is 17.4 Å². The van der Waals surface area contributed by atoms with Crippen molar-refractivity contribution in [1.29, 1.82) is 0 Å². The molecule has 0 radical (unpaired) electrons. The van der Waals surface area contributed by atoms with E-state index in [4.69, 9.17) is 0 Å². The Morgan fingerprint density at radius 2 is 1.79 bits per heavy atom. The first kappa shape index (κ1) is 23.0. The van der Waals surface area contributed by atoms with Gasteiger partial charge < -0.3 is 10.0 Å². The summed E-state index contributed by atoms with van der Waals surface area (Å²) in [5.74, 6) is -1.06. The maximum absolute atomic E-state index is 13.5. The number of carbonyl (C=O) groups is 2. The van der Waals surface area contributed by atoms with Gasteiger partial charge in [0.15, 0.2) is 0 Å². The number of piperidine rings is 1. The summed E-state index contributed by atoms with van der Waals surface area (Å²) in [5, 5.41) is 9.62. The number of aliphatic hydroxyl groups excluding tert-OH is 1. The third kappa shape index (κ3) is 4.66. The summed E-state index contributed by atoms with van der Waals surface area (Å²) in [6.45, 7) is 2.66. The average molecular weight is 458 g/mol. The van der Waals surface area contributed by atoms with E-state index >= 15 is 0 Å². The van der Waals surface area contributed by atoms with Crippen LogP contribution in [0.1, 0.15) is 35.1 Å². The Morgan fingerprint density at radius 3 is 2.45 bits per heavy atom. The molecule has 5 nitrogen and oxygen atoms in total. The SMILES string of the molecule is Cc1ccc(C2=C(N3CCCC(CO)C3)C(=O)N(Cc3cccc(C(F)(F)F)c3)C2=O)cc1. The number of aryl methyl sites for hydroxylation is 1. The van der Waals surface area contributed by atoms with Gasteiger partial charge in [0.25, 0.3) is 11.8 Å². The van der Waals surface area contributed by atoms with Gasteiger partial charge in [0.1, 0.15) is 5.70 Å². The van der Waals surface area contributed by atoms with E-state index in [1.807, 2.05) is 24.0 Å². The van der Waals surface area contributed by atoms with Crippen LogP contribution >= 0.6 is 0 Å². The number of rotatable bonds is 5. The fraction of sp³-hybridized carbons (Fsp3) is 0.360. The summed E-state index contributed by atoms with van der Waals surface area (Å²) in [7, 11) is 0. The van der Waals surface area contributed by atoms with Crippen molar-refractivity contribution in [2.45, 2.75) is 32.5 Å². The Labute approximate surface area is 190 Å². The van der Waals surface area contributed by atoms with Gasteiger partial charge in [-0.1, -0.05) is 42.0 Å². The molecule has 1 N–H and O–H groups in total. The fourth-order valence-electron chi connectivity index (χ4n) is 4.43. The lowest BCUT2D eigenvalue weighted by molar-refractivity contribution is -0.138. The zero-order chi connectivity index (χ0) is 23.8. The van der Waals surface area contributed by atoms with Crippen molar-refractivity contribution in [3.8, 4) is 0 Å². The van der Waals surface area contributed by atoms with Crippen LogP contribution in [0.25, 0.3) is 5.57 Å². The fourth-order valence-corrected chi connectivity index (χ4v) is 4.43. The van der Waals surface area contributed by atoms with Gasteiger partial charge in [-0.25, -0.2) is 0 Å². The Bertz CT molecular complexity index is 1090. The smallest absolute Gasteiger partial charge is 0.396 e. The number of halogens is 3. The van der Waals surface area contributed by atoms with Gasteiger partial charge in [-0.15, -0.1) is 0 Å². The maximum atomic E-state index is 13.5. The molecule has 0 bridgehead atoms. The Morgan fingerprint density at radius 1 is 1.06 bits per heavy atom. The molecule has 1 unspecified atom stereocenters. The van der Waals surface area contributed by atoms with Crippen molar-refractivity contribution < 1.29 is 27.9 Å². The molecule has 2 heterocycles. The van der Waals surface area contributed by atoms with Crippen LogP contribution in [0.3, 0.4) is 0 Å². The zero-order valence-electron chi connectivity index (χ0n) is 18.2. The highest BCUT2D eigenvalue weighted by atomic mass is 19.4. The minimum Gasteiger partial charge on any atom is -0.396 e. The van der Waals surface area contributed by atoms with E-state index in [0.29, 0.717) is 18.7 Å². The Balaban J connectivity index is 1.71. The molecule has 2 aromatic carbocycles. The molecule has 0 spiro atoms. The topological polar surface area (TPSA) is 60.9 Å². The normalized spacial score (nSPS) is 19.6. The van der Waals surface area contributed by atoms with E-state index in [2.05, 4.69) is 0 Å². The van der Waals surface area contributed by atoms with E-state index in [0.717, 1.165) is 35.4 Å². The molecule has 2 aliphatic rings. The van der Waals surface area contributed by atoms with E-state index < -0.39 is 23.6 Å². The van der Waals surface area contributed by atoms with Gasteiger partial charge in [0.2, 0.25) is 0 Å². The van der Waals surface area contributed by atoms with Gasteiger partial charge in [0.05, 0.1) is 17.7 Å². The van der Waals surface area contributed by atoms with Crippen molar-refractivity contribution in [3.63, 3.8) is 0 Å². The summed E-state index contributed by atoms with van der Waals surface area (Å²) in [6.07, 6.45) is -2.92. The van der Waals surface area contributed by atoms with Crippen LogP contribution < -0.4 is 0 Å². The third-order valence-corrected chi connectivity index (χ3v) is 6.17. The first-order chi connectivity index (χ1) is 15.7. The monoisotopic (exact) mass is 458 g/mol. The van der Waals surface area contributed by atoms with Crippen LogP contribution in [-0.2, 0) is 22.3 Å². The molecule has 4 rings (SSSR count). The molecule has 2 aromatic rings. The van der Waals surface area contributed by atoms with E-state index in [1.165, 1.54) is 12.1 Å². The van der Waals surface area contributed by atoms with E-state index in [1.54, 1.807) is 12.1 Å². The zero-order valence-corrected chi connectivity index (χ0v) is 18.2. The number of carbonyl (C=O) groups excluding carboxylic acids is 2. The lowest BCUT2D eigenvalue weighted by Crippen LogP contribution is -2.40. The second-order valence-corrected chi connectivity index (χ2v) is 8.62. The average Bonchev–Trinajstić information content (AvgIpc) is 3.04. The number of alkyl halides is 3. The number of aliphatic hydroxyl groups is 1. The molecule has 0 aromatic heterocycles. The summed E-state index contributed by atoms with van der Waals surface area (Å²) >= 11 is 0. The molecule has 2 aliphatic heterocycles. The molecule has 2 amide bonds. The van der Waals surface area contributed by atoms with Crippen molar-refractivity contribution in [2.75, 3.05) is 19.7 Å². The second kappa shape index (κ2) is 9.02. The highest BCUT2D eigenvalue weighted by Gasteiger charge is 2.42. The molecule has 8 heteroatoms. The largest absolute Gasteiger partial charge is 0.416 e. The Hall–Kier alpha value is -3.13. The van der Waals surface area contributed by atoms with E-state index in [9.17, 15) is 27.9 Å². The highest BCUT2D eigenvalue weighted by Crippen LogP contribution is 2.35. The van der Waals surface area contributed by atoms with Gasteiger partial charge >= 0.3 is 6.18 Å². The standard InChI is InChI=1S/C25H25F3N2O3/c1-16-7-9-19(10-8-16)21-22(29-11-3-5-18(13-29)15-31)24(33)30(23(21)32)14-17-4-2-6-20(12-17)25(26,27)28/h2,4,6-10,12,18,31H,3,5,11,13-15H2,1H3. The highest BCUT2D eigenvalue weighted by molar-refractivity contribution is 6.35. The number of amides is 2. The predicted octanol–water partition coefficient (Wildman–Crippen LogP) is 4.00. The molecule has 1 atom stereocenters. The number of likely N-dealkylation sites (tertiary alicyclic amines) is 1. The third-order valence-electron chi connectivity index (χ3n) is 6.17. The van der Waals surface area contributed by atoms with Gasteiger partial charge in [-0.3, -0.25) is 14.5 Å². The van der Waals surface area contributed by atoms with Gasteiger partial charge in [-0.2, -0.15) is 13.2 Å². The first-order valence-corrected chi connectivity index (χ1v) is 10.9. The number of hydrogen-bond donors (Lipinski definition) is 1. The number of benzene rings is 2. The minimum absolute atomic E-state index is 0.00839. The lowest BCUT2D eigenvalue weighted by atomic mass is 9.96. The first-order valence-electron chi connectivity index (χ1n) is 10.9. The molecule has 0 saturated carbocycles. The van der Waals surface area contributed by atoms with Crippen molar-refractivity contribution in [1.82, 2.24) is 9.80 Å². The molecule has 174 valence electrons. The summed E-state index contributed by atoms with van der Waals surface area (Å²) in [5.41, 5.74) is 1.50. The van der Waals surface area contributed by atoms with E-state index in [-0.39, 0.29) is 35.9 Å². The molecular formula is C25H25F3N2O3. The van der Waals surface area contributed by atoms with Crippen LogP contribution in [-0.4, -0.2) is 46.4 Å². The molecule has 0 aliphatic carbocycles.